The van der Waals surface area contributed by atoms with Crippen molar-refractivity contribution in [2.75, 3.05) is 6.54 Å². The van der Waals surface area contributed by atoms with E-state index in [9.17, 15) is 24.4 Å². The van der Waals surface area contributed by atoms with Gasteiger partial charge >= 0.3 is 11.9 Å². The second-order valence-corrected chi connectivity index (χ2v) is 6.23. The number of aliphatic hydroxyl groups is 1. The first-order valence-electron chi connectivity index (χ1n) is 8.40. The summed E-state index contributed by atoms with van der Waals surface area (Å²) in [5.41, 5.74) is 19.1. The van der Waals surface area contributed by atoms with Gasteiger partial charge in [0.15, 0.2) is 5.78 Å². The summed E-state index contributed by atoms with van der Waals surface area (Å²) in [7, 11) is 0. The van der Waals surface area contributed by atoms with Gasteiger partial charge in [-0.15, -0.1) is 10.1 Å². The van der Waals surface area contributed by atoms with Gasteiger partial charge in [-0.2, -0.15) is 0 Å². The molecular weight excluding hydrogens is 420 g/mol. The van der Waals surface area contributed by atoms with Gasteiger partial charge in [0.1, 0.15) is 23.5 Å². The lowest BCUT2D eigenvalue weighted by molar-refractivity contribution is -0.145. The zero-order chi connectivity index (χ0) is 24.5. The molecule has 0 aromatic carbocycles. The Bertz CT molecular complexity index is 873. The Balaban J connectivity index is 0.000000588. The minimum Gasteiger partial charge on any atom is -0.506 e. The maximum absolute atomic E-state index is 12.0. The van der Waals surface area contributed by atoms with Gasteiger partial charge in [-0.25, -0.2) is 4.79 Å². The lowest BCUT2D eigenvalue weighted by Gasteiger charge is -2.33. The van der Waals surface area contributed by atoms with Crippen LogP contribution in [0.4, 0.5) is 0 Å². The van der Waals surface area contributed by atoms with E-state index in [-0.39, 0.29) is 17.2 Å². The molecule has 0 unspecified atom stereocenters. The molecule has 15 heteroatoms. The predicted octanol–water partition coefficient (Wildman–Crippen LogP) is 1.36. The van der Waals surface area contributed by atoms with Crippen LogP contribution in [0.3, 0.4) is 0 Å². The quantitative estimate of drug-likeness (QED) is 0.101. The summed E-state index contributed by atoms with van der Waals surface area (Å²) in [5.74, 6) is -3.95. The molecule has 2 aliphatic rings. The highest BCUT2D eigenvalue weighted by Crippen LogP contribution is 2.40. The van der Waals surface area contributed by atoms with Crippen molar-refractivity contribution < 1.29 is 39.6 Å². The number of Topliss-reactive ketones (excluding diaryl/α,β-unsaturated/α-hetero) is 1. The number of carbonyl (C=O) groups is 3. The van der Waals surface area contributed by atoms with E-state index in [4.69, 9.17) is 37.0 Å². The molecule has 170 valence electrons. The Kier molecular flexibility index (Phi) is 10.4. The number of allylic oxidation sites excluding steroid dienone is 2. The molecule has 0 saturated heterocycles. The van der Waals surface area contributed by atoms with Crippen LogP contribution in [0, 0.1) is 10.8 Å². The summed E-state index contributed by atoms with van der Waals surface area (Å²) in [6.45, 7) is 4.80. The van der Waals surface area contributed by atoms with Crippen LogP contribution in [0.1, 0.15) is 20.8 Å². The molecule has 0 fully saturated rings. The van der Waals surface area contributed by atoms with Crippen LogP contribution < -0.4 is 5.73 Å². The lowest BCUT2D eigenvalue weighted by Crippen LogP contribution is -2.39. The minimum absolute atomic E-state index is 0.0706. The van der Waals surface area contributed by atoms with E-state index in [0.717, 1.165) is 0 Å². The number of carboxylic acid groups (broad SMARTS) is 2. The Morgan fingerprint density at radius 2 is 1.87 bits per heavy atom. The number of nitrogens with zero attached hydrogens (tertiary/aromatic N) is 5. The van der Waals surface area contributed by atoms with Crippen molar-refractivity contribution in [3.63, 3.8) is 0 Å². The van der Waals surface area contributed by atoms with Crippen molar-refractivity contribution in [1.29, 1.82) is 0 Å². The standard InChI is InChI=1S/C13H14O5.C3H7N3O4.N3/c1-5-7(3)18-4-8-9(5)6(2)11(14)10(12(8)15)13(16)17;4-2(3(7)8)1-6(10)5-9;1-3-2/h4-5,7,15H,1-3H3,(H,16,17);2,10H,1,4H2,(H,7,8);/q;;-1/t5-,7-;2-;/m10./s1. The SMILES string of the molecule is CC1=C2C(=CO[C@H](C)[C@H]2C)C(O)=C(C(=O)O)C1=O.N[C@@H](CN(O)N=O)C(=O)O.[N-]=[N+]=[N-]. The highest BCUT2D eigenvalue weighted by molar-refractivity contribution is 6.25. The molecule has 6 N–H and O–H groups in total. The van der Waals surface area contributed by atoms with Gasteiger partial charge in [-0.1, -0.05) is 6.92 Å². The van der Waals surface area contributed by atoms with Crippen molar-refractivity contribution in [3.8, 4) is 0 Å². The van der Waals surface area contributed by atoms with Crippen molar-refractivity contribution in [2.24, 2.45) is 16.9 Å². The number of carboxylic acids is 2. The molecule has 3 atom stereocenters. The van der Waals surface area contributed by atoms with E-state index in [1.807, 2.05) is 19.1 Å². The van der Waals surface area contributed by atoms with Crippen LogP contribution >= 0.6 is 0 Å². The van der Waals surface area contributed by atoms with Gasteiger partial charge in [0.05, 0.1) is 23.7 Å². The van der Waals surface area contributed by atoms with Gasteiger partial charge in [0.2, 0.25) is 0 Å². The van der Waals surface area contributed by atoms with Crippen LogP contribution in [-0.2, 0) is 19.1 Å². The molecule has 1 aliphatic heterocycles. The maximum Gasteiger partial charge on any atom is 0.343 e. The summed E-state index contributed by atoms with van der Waals surface area (Å²) >= 11 is 0. The molecule has 0 bridgehead atoms. The third-order valence-electron chi connectivity index (χ3n) is 4.30. The van der Waals surface area contributed by atoms with E-state index in [0.29, 0.717) is 16.7 Å². The molecule has 0 spiro atoms. The number of hydrogen-bond acceptors (Lipinski definition) is 9. The summed E-state index contributed by atoms with van der Waals surface area (Å²) < 4.78 is 5.35. The number of ketones is 1. The Hall–Kier alpha value is -3.94. The molecule has 1 aliphatic carbocycles. The van der Waals surface area contributed by atoms with Gasteiger partial charge in [0, 0.05) is 11.5 Å². The second kappa shape index (κ2) is 11.9. The highest BCUT2D eigenvalue weighted by atomic mass is 16.6. The number of rotatable bonds is 5. The van der Waals surface area contributed by atoms with E-state index in [1.54, 1.807) is 6.92 Å². The summed E-state index contributed by atoms with van der Waals surface area (Å²) in [5, 5.41) is 37.2. The molecule has 0 amide bonds. The molecule has 0 aromatic rings. The zero-order valence-electron chi connectivity index (χ0n) is 16.7. The molecule has 1 heterocycles. The molecule has 0 aromatic heterocycles. The largest absolute Gasteiger partial charge is 0.506 e. The topological polar surface area (TPSA) is 259 Å². The third-order valence-corrected chi connectivity index (χ3v) is 4.30. The molecule has 15 nitrogen and oxygen atoms in total. The van der Waals surface area contributed by atoms with Crippen LogP contribution in [-0.4, -0.2) is 62.1 Å². The van der Waals surface area contributed by atoms with Crippen LogP contribution in [0.25, 0.3) is 16.0 Å². The number of fused-ring (bicyclic) bond motifs is 1. The van der Waals surface area contributed by atoms with Gasteiger partial charge in [0.25, 0.3) is 0 Å². The number of aliphatic carboxylic acids is 2. The maximum atomic E-state index is 12.0. The van der Waals surface area contributed by atoms with Gasteiger partial charge in [-0.3, -0.25) is 19.7 Å². The first-order valence-corrected chi connectivity index (χ1v) is 8.40. The van der Waals surface area contributed by atoms with Gasteiger partial charge in [-0.05, 0) is 19.4 Å². The highest BCUT2D eigenvalue weighted by Gasteiger charge is 2.39. The van der Waals surface area contributed by atoms with Crippen molar-refractivity contribution in [2.45, 2.75) is 32.9 Å². The third kappa shape index (κ3) is 6.81. The average molecular weight is 441 g/mol. The fourth-order valence-electron chi connectivity index (χ4n) is 2.60. The fourth-order valence-corrected chi connectivity index (χ4v) is 2.60. The van der Waals surface area contributed by atoms with Gasteiger partial charge < -0.3 is 36.9 Å². The Morgan fingerprint density at radius 3 is 2.29 bits per heavy atom. The van der Waals surface area contributed by atoms with Crippen LogP contribution in [0.5, 0.6) is 0 Å². The molecule has 2 rings (SSSR count). The summed E-state index contributed by atoms with van der Waals surface area (Å²) in [6, 6.07) is -1.30. The smallest absolute Gasteiger partial charge is 0.343 e. The zero-order valence-corrected chi connectivity index (χ0v) is 16.7. The monoisotopic (exact) mass is 441 g/mol. The van der Waals surface area contributed by atoms with Crippen molar-refractivity contribution in [1.82, 2.24) is 5.17 Å². The van der Waals surface area contributed by atoms with Crippen LogP contribution in [0.15, 0.2) is 39.6 Å². The molecular formula is C16H21N6O9-. The molecule has 0 saturated carbocycles. The number of ether oxygens (including phenoxy) is 1. The Labute approximate surface area is 175 Å². The fraction of sp³-hybridized carbons (Fsp3) is 0.438. The van der Waals surface area contributed by atoms with E-state index < -0.39 is 41.6 Å². The summed E-state index contributed by atoms with van der Waals surface area (Å²) in [4.78, 5) is 43.9. The molecule has 0 radical (unpaired) electrons. The number of aliphatic hydroxyl groups excluding tert-OH is 1. The van der Waals surface area contributed by atoms with E-state index >= 15 is 0 Å². The summed E-state index contributed by atoms with van der Waals surface area (Å²) in [6.07, 6.45) is 1.21. The number of hydrogen-bond donors (Lipinski definition) is 5. The normalized spacial score (nSPS) is 20.3. The van der Waals surface area contributed by atoms with Crippen molar-refractivity contribution >= 4 is 17.7 Å². The predicted molar refractivity (Wildman–Crippen MR) is 103 cm³/mol. The number of nitrogens with two attached hydrogens (primary N) is 1. The second-order valence-electron chi connectivity index (χ2n) is 6.23. The van der Waals surface area contributed by atoms with E-state index in [1.165, 1.54) is 11.2 Å². The minimum atomic E-state index is -1.43. The number of carbonyl (C=O) groups excluding carboxylic acids is 1. The van der Waals surface area contributed by atoms with Crippen LogP contribution in [0.2, 0.25) is 0 Å². The molecule has 31 heavy (non-hydrogen) atoms. The average Bonchev–Trinajstić information content (AvgIpc) is 2.69. The first kappa shape index (κ1) is 27.1. The Morgan fingerprint density at radius 1 is 1.35 bits per heavy atom. The van der Waals surface area contributed by atoms with Crippen molar-refractivity contribution in [3.05, 3.63) is 55.2 Å². The first-order chi connectivity index (χ1) is 14.3. The number of hydroxylamine groups is 1. The lowest BCUT2D eigenvalue weighted by atomic mass is 9.78. The van der Waals surface area contributed by atoms with E-state index in [2.05, 4.69) is 0 Å². The number of nitroso groups, excluding NO2 is 1.